The number of nitrogens with one attached hydrogen (secondary N) is 1. The number of nitrogens with zero attached hydrogens (tertiary/aromatic N) is 1. The monoisotopic (exact) mass is 272 g/mol. The van der Waals surface area contributed by atoms with E-state index in [0.29, 0.717) is 6.54 Å². The molecule has 2 aromatic rings. The molecule has 1 atom stereocenters. The fourth-order valence-corrected chi connectivity index (χ4v) is 2.97. The third-order valence-electron chi connectivity index (χ3n) is 3.84. The number of H-pyrrole nitrogens is 1. The summed E-state index contributed by atoms with van der Waals surface area (Å²) in [6.07, 6.45) is -0.177. The maximum atomic E-state index is 12.8. The van der Waals surface area contributed by atoms with E-state index in [1.54, 1.807) is 0 Å². The average molecular weight is 272 g/mol. The van der Waals surface area contributed by atoms with Gasteiger partial charge in [-0.2, -0.15) is 0 Å². The van der Waals surface area contributed by atoms with Gasteiger partial charge in [0, 0.05) is 17.4 Å². The summed E-state index contributed by atoms with van der Waals surface area (Å²) in [6, 6.07) is 7.63. The lowest BCUT2D eigenvalue weighted by Gasteiger charge is -2.21. The molecule has 0 aliphatic carbocycles. The summed E-state index contributed by atoms with van der Waals surface area (Å²) in [7, 11) is 3.98. The lowest BCUT2D eigenvalue weighted by Crippen LogP contribution is -2.24. The summed E-state index contributed by atoms with van der Waals surface area (Å²) in [4.78, 5) is 18.2. The summed E-state index contributed by atoms with van der Waals surface area (Å²) in [5.74, 6) is 0. The van der Waals surface area contributed by atoms with Crippen LogP contribution in [0.3, 0.4) is 0 Å². The van der Waals surface area contributed by atoms with Crippen LogP contribution in [0.2, 0.25) is 0 Å². The summed E-state index contributed by atoms with van der Waals surface area (Å²) >= 11 is 0. The molecule has 0 radical (unpaired) electrons. The molecule has 4 nitrogen and oxygen atoms in total. The molecule has 0 spiro atoms. The number of rotatable bonds is 2. The molecular weight excluding hydrogens is 252 g/mol. The zero-order chi connectivity index (χ0) is 14.5. The maximum Gasteiger partial charge on any atom is 0.195 e. The molecule has 0 fully saturated rings. The number of ether oxygens (including phenoxy) is 1. The number of hydrogen-bond acceptors (Lipinski definition) is 3. The smallest absolute Gasteiger partial charge is 0.195 e. The van der Waals surface area contributed by atoms with Gasteiger partial charge in [0.2, 0.25) is 0 Å². The summed E-state index contributed by atoms with van der Waals surface area (Å²) in [5.41, 5.74) is 2.19. The second kappa shape index (κ2) is 4.43. The fraction of sp³-hybridized carbons (Fsp3) is 0.438. The van der Waals surface area contributed by atoms with Crippen molar-refractivity contribution < 1.29 is 4.74 Å². The van der Waals surface area contributed by atoms with E-state index in [9.17, 15) is 4.79 Å². The van der Waals surface area contributed by atoms with Crippen molar-refractivity contribution in [2.75, 3.05) is 20.6 Å². The molecule has 106 valence electrons. The van der Waals surface area contributed by atoms with Crippen LogP contribution in [0.4, 0.5) is 0 Å². The highest BCUT2D eigenvalue weighted by Crippen LogP contribution is 2.41. The molecule has 1 aromatic carbocycles. The van der Waals surface area contributed by atoms with Crippen LogP contribution in [0.15, 0.2) is 29.1 Å². The lowest BCUT2D eigenvalue weighted by molar-refractivity contribution is -0.0614. The summed E-state index contributed by atoms with van der Waals surface area (Å²) in [5, 5.41) is 0.733. The SMILES string of the molecule is CN(C)CC1OC(C)(C)c2[nH]c3ccccc3c(=O)c21. The topological polar surface area (TPSA) is 45.3 Å². The minimum atomic E-state index is -0.459. The predicted octanol–water partition coefficient (Wildman–Crippen LogP) is 2.40. The number of hydrogen-bond donors (Lipinski definition) is 1. The van der Waals surface area contributed by atoms with Gasteiger partial charge in [-0.3, -0.25) is 4.79 Å². The van der Waals surface area contributed by atoms with Crippen LogP contribution in [0.5, 0.6) is 0 Å². The highest BCUT2D eigenvalue weighted by atomic mass is 16.5. The van der Waals surface area contributed by atoms with E-state index in [4.69, 9.17) is 4.74 Å². The number of aromatic nitrogens is 1. The normalized spacial score (nSPS) is 20.6. The van der Waals surface area contributed by atoms with Gasteiger partial charge in [0.15, 0.2) is 5.43 Å². The molecule has 1 aliphatic heterocycles. The maximum absolute atomic E-state index is 12.8. The highest BCUT2D eigenvalue weighted by Gasteiger charge is 2.41. The van der Waals surface area contributed by atoms with Gasteiger partial charge < -0.3 is 14.6 Å². The van der Waals surface area contributed by atoms with E-state index in [1.807, 2.05) is 57.1 Å². The van der Waals surface area contributed by atoms with Crippen LogP contribution in [-0.4, -0.2) is 30.5 Å². The Morgan fingerprint density at radius 3 is 2.70 bits per heavy atom. The molecular formula is C16H20N2O2. The van der Waals surface area contributed by atoms with Crippen molar-refractivity contribution in [2.24, 2.45) is 0 Å². The molecule has 2 heterocycles. The van der Waals surface area contributed by atoms with Crippen molar-refractivity contribution in [3.8, 4) is 0 Å². The Labute approximate surface area is 118 Å². The van der Waals surface area contributed by atoms with E-state index in [-0.39, 0.29) is 11.5 Å². The molecule has 0 saturated heterocycles. The molecule has 4 heteroatoms. The van der Waals surface area contributed by atoms with Gasteiger partial charge in [-0.1, -0.05) is 12.1 Å². The van der Waals surface area contributed by atoms with E-state index in [2.05, 4.69) is 4.98 Å². The third kappa shape index (κ3) is 1.96. The molecule has 0 amide bonds. The van der Waals surface area contributed by atoms with Crippen LogP contribution in [0, 0.1) is 0 Å². The van der Waals surface area contributed by atoms with Crippen LogP contribution in [0.25, 0.3) is 10.9 Å². The second-order valence-electron chi connectivity index (χ2n) is 6.17. The van der Waals surface area contributed by atoms with Crippen molar-refractivity contribution >= 4 is 10.9 Å². The van der Waals surface area contributed by atoms with E-state index in [0.717, 1.165) is 22.2 Å². The van der Waals surface area contributed by atoms with E-state index in [1.165, 1.54) is 0 Å². The van der Waals surface area contributed by atoms with Crippen molar-refractivity contribution in [1.29, 1.82) is 0 Å². The Kier molecular flexibility index (Phi) is 2.96. The first-order valence-electron chi connectivity index (χ1n) is 6.88. The Morgan fingerprint density at radius 2 is 2.00 bits per heavy atom. The van der Waals surface area contributed by atoms with Gasteiger partial charge in [0.25, 0.3) is 0 Å². The minimum Gasteiger partial charge on any atom is -0.360 e. The zero-order valence-electron chi connectivity index (χ0n) is 12.4. The van der Waals surface area contributed by atoms with Crippen LogP contribution < -0.4 is 5.43 Å². The molecule has 1 aromatic heterocycles. The molecule has 1 aliphatic rings. The number of likely N-dealkylation sites (N-methyl/N-ethyl adjacent to an activating group) is 1. The Morgan fingerprint density at radius 1 is 1.30 bits per heavy atom. The van der Waals surface area contributed by atoms with Crippen LogP contribution in [-0.2, 0) is 10.3 Å². The predicted molar refractivity (Wildman–Crippen MR) is 80.0 cm³/mol. The first-order chi connectivity index (χ1) is 9.40. The summed E-state index contributed by atoms with van der Waals surface area (Å²) < 4.78 is 6.11. The Hall–Kier alpha value is -1.65. The number of fused-ring (bicyclic) bond motifs is 2. The van der Waals surface area contributed by atoms with Crippen molar-refractivity contribution in [1.82, 2.24) is 9.88 Å². The molecule has 0 bridgehead atoms. The Bertz CT molecular complexity index is 716. The standard InChI is InChI=1S/C16H20N2O2/c1-16(2)15-13(12(20-16)9-18(3)4)14(19)10-7-5-6-8-11(10)17-15/h5-8,12H,9H2,1-4H3,(H,17,19). The molecule has 20 heavy (non-hydrogen) atoms. The lowest BCUT2D eigenvalue weighted by atomic mass is 9.98. The zero-order valence-corrected chi connectivity index (χ0v) is 12.4. The number of para-hydroxylation sites is 1. The van der Waals surface area contributed by atoms with Crippen molar-refractivity contribution in [2.45, 2.75) is 25.6 Å². The largest absolute Gasteiger partial charge is 0.360 e. The van der Waals surface area contributed by atoms with E-state index < -0.39 is 5.60 Å². The first-order valence-corrected chi connectivity index (χ1v) is 6.88. The first kappa shape index (κ1) is 13.3. The summed E-state index contributed by atoms with van der Waals surface area (Å²) in [6.45, 7) is 4.72. The van der Waals surface area contributed by atoms with Crippen molar-refractivity contribution in [3.05, 3.63) is 45.7 Å². The third-order valence-corrected chi connectivity index (χ3v) is 3.84. The number of aromatic amines is 1. The number of benzene rings is 1. The van der Waals surface area contributed by atoms with Crippen molar-refractivity contribution in [3.63, 3.8) is 0 Å². The average Bonchev–Trinajstić information content (AvgIpc) is 2.60. The van der Waals surface area contributed by atoms with Crippen LogP contribution >= 0.6 is 0 Å². The highest BCUT2D eigenvalue weighted by molar-refractivity contribution is 5.79. The molecule has 0 saturated carbocycles. The van der Waals surface area contributed by atoms with Crippen LogP contribution in [0.1, 0.15) is 31.2 Å². The molecule has 1 N–H and O–H groups in total. The van der Waals surface area contributed by atoms with Gasteiger partial charge in [-0.05, 0) is 40.1 Å². The van der Waals surface area contributed by atoms with Gasteiger partial charge >= 0.3 is 0 Å². The van der Waals surface area contributed by atoms with E-state index >= 15 is 0 Å². The molecule has 1 unspecified atom stereocenters. The quantitative estimate of drug-likeness (QED) is 0.913. The fourth-order valence-electron chi connectivity index (χ4n) is 2.97. The van der Waals surface area contributed by atoms with Gasteiger partial charge in [-0.15, -0.1) is 0 Å². The molecule has 3 rings (SSSR count). The minimum absolute atomic E-state index is 0.0896. The Balaban J connectivity index is 2.28. The van der Waals surface area contributed by atoms with Gasteiger partial charge in [0.1, 0.15) is 11.7 Å². The second-order valence-corrected chi connectivity index (χ2v) is 6.17. The number of pyridine rings is 1. The van der Waals surface area contributed by atoms with Gasteiger partial charge in [-0.25, -0.2) is 0 Å². The van der Waals surface area contributed by atoms with Gasteiger partial charge in [0.05, 0.1) is 11.3 Å².